The van der Waals surface area contributed by atoms with E-state index in [0.29, 0.717) is 6.42 Å². The Labute approximate surface area is 126 Å². The van der Waals surface area contributed by atoms with Crippen molar-refractivity contribution in [3.8, 4) is 0 Å². The van der Waals surface area contributed by atoms with Gasteiger partial charge in [-0.25, -0.2) is 13.1 Å². The van der Waals surface area contributed by atoms with Crippen LogP contribution in [0.15, 0.2) is 30.3 Å². The zero-order chi connectivity index (χ0) is 16.1. The Morgan fingerprint density at radius 3 is 2.29 bits per heavy atom. The number of carboxylic acid groups (broad SMARTS) is 1. The zero-order valence-corrected chi connectivity index (χ0v) is 13.5. The highest BCUT2D eigenvalue weighted by molar-refractivity contribution is 7.89. The fourth-order valence-electron chi connectivity index (χ4n) is 1.87. The monoisotopic (exact) mass is 313 g/mol. The topological polar surface area (TPSA) is 83.5 Å². The zero-order valence-electron chi connectivity index (χ0n) is 12.7. The molecule has 1 aromatic rings. The van der Waals surface area contributed by atoms with E-state index < -0.39 is 27.4 Å². The maximum Gasteiger partial charge on any atom is 0.304 e. The first-order valence-corrected chi connectivity index (χ1v) is 8.51. The highest BCUT2D eigenvalue weighted by Crippen LogP contribution is 2.22. The van der Waals surface area contributed by atoms with E-state index in [-0.39, 0.29) is 12.2 Å². The molecule has 0 amide bonds. The summed E-state index contributed by atoms with van der Waals surface area (Å²) < 4.78 is 26.8. The van der Waals surface area contributed by atoms with E-state index in [9.17, 15) is 13.2 Å². The molecule has 0 fully saturated rings. The van der Waals surface area contributed by atoms with Crippen LogP contribution in [0.5, 0.6) is 0 Å². The van der Waals surface area contributed by atoms with E-state index in [1.165, 1.54) is 0 Å². The molecule has 1 aromatic carbocycles. The first kappa shape index (κ1) is 17.7. The summed E-state index contributed by atoms with van der Waals surface area (Å²) in [5.41, 5.74) is 0.478. The van der Waals surface area contributed by atoms with Crippen LogP contribution in [0.4, 0.5) is 0 Å². The second kappa shape index (κ2) is 7.04. The predicted octanol–water partition coefficient (Wildman–Crippen LogP) is 2.04. The van der Waals surface area contributed by atoms with Crippen LogP contribution >= 0.6 is 0 Å². The molecule has 5 nitrogen and oxygen atoms in total. The normalized spacial score (nSPS) is 13.9. The van der Waals surface area contributed by atoms with Gasteiger partial charge in [0.1, 0.15) is 0 Å². The van der Waals surface area contributed by atoms with Crippen molar-refractivity contribution >= 4 is 16.0 Å². The SMILES string of the molecule is CC(C)(C)C(CC(=O)O)NS(=O)(=O)CCc1ccccc1. The molecule has 0 aliphatic carbocycles. The number of benzene rings is 1. The average Bonchev–Trinajstić information content (AvgIpc) is 2.35. The molecule has 0 saturated heterocycles. The third-order valence-corrected chi connectivity index (χ3v) is 4.63. The summed E-state index contributed by atoms with van der Waals surface area (Å²) in [4.78, 5) is 10.9. The van der Waals surface area contributed by atoms with Crippen molar-refractivity contribution in [1.82, 2.24) is 4.72 Å². The lowest BCUT2D eigenvalue weighted by atomic mass is 9.85. The van der Waals surface area contributed by atoms with Gasteiger partial charge in [0.25, 0.3) is 0 Å². The third kappa shape index (κ3) is 6.73. The molecular weight excluding hydrogens is 290 g/mol. The van der Waals surface area contributed by atoms with Gasteiger partial charge in [0.15, 0.2) is 0 Å². The Bertz CT molecular complexity index is 561. The van der Waals surface area contributed by atoms with Crippen molar-refractivity contribution in [2.45, 2.75) is 39.7 Å². The first-order valence-electron chi connectivity index (χ1n) is 6.86. The standard InChI is InChI=1S/C15H23NO4S/c1-15(2,3)13(11-14(17)18)16-21(19,20)10-9-12-7-5-4-6-8-12/h4-8,13,16H,9-11H2,1-3H3,(H,17,18). The maximum absolute atomic E-state index is 12.1. The second-order valence-corrected chi connectivity index (χ2v) is 8.06. The Hall–Kier alpha value is -1.40. The summed E-state index contributed by atoms with van der Waals surface area (Å²) in [5, 5.41) is 8.92. The molecule has 0 saturated carbocycles. The van der Waals surface area contributed by atoms with Crippen molar-refractivity contribution in [3.05, 3.63) is 35.9 Å². The average molecular weight is 313 g/mol. The highest BCUT2D eigenvalue weighted by Gasteiger charge is 2.30. The van der Waals surface area contributed by atoms with E-state index >= 15 is 0 Å². The van der Waals surface area contributed by atoms with Gasteiger partial charge < -0.3 is 5.11 Å². The van der Waals surface area contributed by atoms with Crippen LogP contribution in [-0.2, 0) is 21.2 Å². The minimum atomic E-state index is -3.52. The number of rotatable bonds is 7. The second-order valence-electron chi connectivity index (χ2n) is 6.19. The fourth-order valence-corrected chi connectivity index (χ4v) is 3.36. The van der Waals surface area contributed by atoms with Gasteiger partial charge in [-0.05, 0) is 17.4 Å². The smallest absolute Gasteiger partial charge is 0.304 e. The van der Waals surface area contributed by atoms with Gasteiger partial charge in [0, 0.05) is 6.04 Å². The summed E-state index contributed by atoms with van der Waals surface area (Å²) in [6.07, 6.45) is 0.175. The van der Waals surface area contributed by atoms with Crippen LogP contribution in [0, 0.1) is 5.41 Å². The highest BCUT2D eigenvalue weighted by atomic mass is 32.2. The fraction of sp³-hybridized carbons (Fsp3) is 0.533. The van der Waals surface area contributed by atoms with E-state index in [0.717, 1.165) is 5.56 Å². The van der Waals surface area contributed by atoms with E-state index in [1.807, 2.05) is 51.1 Å². The number of carboxylic acids is 1. The third-order valence-electron chi connectivity index (χ3n) is 3.25. The molecule has 1 atom stereocenters. The quantitative estimate of drug-likeness (QED) is 0.807. The van der Waals surface area contributed by atoms with Gasteiger partial charge in [-0.2, -0.15) is 0 Å². The van der Waals surface area contributed by atoms with Crippen LogP contribution in [-0.4, -0.2) is 31.3 Å². The minimum absolute atomic E-state index is 0.0524. The maximum atomic E-state index is 12.1. The summed E-state index contributed by atoms with van der Waals surface area (Å²) in [6, 6.07) is 8.70. The summed E-state index contributed by atoms with van der Waals surface area (Å²) in [6.45, 7) is 5.46. The number of sulfonamides is 1. The molecule has 0 radical (unpaired) electrons. The summed E-state index contributed by atoms with van der Waals surface area (Å²) in [7, 11) is -3.52. The van der Waals surface area contributed by atoms with Crippen molar-refractivity contribution < 1.29 is 18.3 Å². The van der Waals surface area contributed by atoms with Gasteiger partial charge in [0.2, 0.25) is 10.0 Å². The van der Waals surface area contributed by atoms with Crippen LogP contribution < -0.4 is 4.72 Å². The molecule has 0 bridgehead atoms. The molecule has 0 spiro atoms. The molecule has 6 heteroatoms. The largest absolute Gasteiger partial charge is 0.481 e. The number of hydrogen-bond donors (Lipinski definition) is 2. The molecule has 21 heavy (non-hydrogen) atoms. The lowest BCUT2D eigenvalue weighted by Crippen LogP contribution is -2.46. The summed E-state index contributed by atoms with van der Waals surface area (Å²) >= 11 is 0. The number of carbonyl (C=O) groups is 1. The van der Waals surface area contributed by atoms with Crippen LogP contribution in [0.1, 0.15) is 32.8 Å². The van der Waals surface area contributed by atoms with E-state index in [2.05, 4.69) is 4.72 Å². The van der Waals surface area contributed by atoms with Gasteiger partial charge in [0.05, 0.1) is 12.2 Å². The van der Waals surface area contributed by atoms with E-state index in [1.54, 1.807) is 0 Å². The molecule has 0 aromatic heterocycles. The predicted molar refractivity (Wildman–Crippen MR) is 82.6 cm³/mol. The molecular formula is C15H23NO4S. The summed E-state index contributed by atoms with van der Waals surface area (Å²) in [5.74, 6) is -1.07. The van der Waals surface area contributed by atoms with Gasteiger partial charge >= 0.3 is 5.97 Å². The van der Waals surface area contributed by atoms with Crippen molar-refractivity contribution in [1.29, 1.82) is 0 Å². The Morgan fingerprint density at radius 2 is 1.81 bits per heavy atom. The van der Waals surface area contributed by atoms with Crippen molar-refractivity contribution in [2.24, 2.45) is 5.41 Å². The Kier molecular flexibility index (Phi) is 5.92. The lowest BCUT2D eigenvalue weighted by molar-refractivity contribution is -0.138. The van der Waals surface area contributed by atoms with Crippen molar-refractivity contribution in [3.63, 3.8) is 0 Å². The van der Waals surface area contributed by atoms with Crippen molar-refractivity contribution in [2.75, 3.05) is 5.75 Å². The number of nitrogens with one attached hydrogen (secondary N) is 1. The number of hydrogen-bond acceptors (Lipinski definition) is 3. The van der Waals surface area contributed by atoms with Gasteiger partial charge in [-0.3, -0.25) is 4.79 Å². The Balaban J connectivity index is 2.70. The molecule has 0 heterocycles. The number of aliphatic carboxylic acids is 1. The molecule has 1 unspecified atom stereocenters. The molecule has 0 aliphatic rings. The first-order chi connectivity index (χ1) is 9.60. The van der Waals surface area contributed by atoms with Gasteiger partial charge in [-0.1, -0.05) is 51.1 Å². The molecule has 1 rings (SSSR count). The molecule has 0 aliphatic heterocycles. The lowest BCUT2D eigenvalue weighted by Gasteiger charge is -2.30. The number of aryl methyl sites for hydroxylation is 1. The van der Waals surface area contributed by atoms with Crippen LogP contribution in [0.2, 0.25) is 0 Å². The molecule has 2 N–H and O–H groups in total. The van der Waals surface area contributed by atoms with Crippen LogP contribution in [0.3, 0.4) is 0 Å². The minimum Gasteiger partial charge on any atom is -0.481 e. The van der Waals surface area contributed by atoms with E-state index in [4.69, 9.17) is 5.11 Å². The molecule has 118 valence electrons. The Morgan fingerprint density at radius 1 is 1.24 bits per heavy atom. The van der Waals surface area contributed by atoms with Gasteiger partial charge in [-0.15, -0.1) is 0 Å². The van der Waals surface area contributed by atoms with Crippen LogP contribution in [0.25, 0.3) is 0 Å².